The molecular weight excluding hydrogens is 224 g/mol. The summed E-state index contributed by atoms with van der Waals surface area (Å²) < 4.78 is 5.62. The van der Waals surface area contributed by atoms with Crippen LogP contribution in [0.5, 0.6) is 0 Å². The summed E-state index contributed by atoms with van der Waals surface area (Å²) in [6.45, 7) is 2.73. The fourth-order valence-corrected chi connectivity index (χ4v) is 1.92. The van der Waals surface area contributed by atoms with Crippen LogP contribution in [-0.2, 0) is 16.1 Å². The first-order valence-electron chi connectivity index (χ1n) is 6.97. The van der Waals surface area contributed by atoms with E-state index in [1.807, 2.05) is 30.3 Å². The van der Waals surface area contributed by atoms with Crippen LogP contribution < -0.4 is 0 Å². The molecule has 1 aromatic rings. The number of carbonyl (C=O) groups is 1. The number of benzene rings is 1. The minimum atomic E-state index is -0.244. The molecule has 0 N–H and O–H groups in total. The van der Waals surface area contributed by atoms with Gasteiger partial charge in [-0.25, -0.2) is 0 Å². The molecule has 0 aromatic heterocycles. The molecule has 1 aromatic carbocycles. The lowest BCUT2D eigenvalue weighted by Gasteiger charge is -2.11. The summed E-state index contributed by atoms with van der Waals surface area (Å²) in [7, 11) is 0. The number of unbranched alkanes of at least 4 members (excludes halogenated alkanes) is 4. The Labute approximate surface area is 110 Å². The summed E-state index contributed by atoms with van der Waals surface area (Å²) >= 11 is 0. The molecule has 2 nitrogen and oxygen atoms in total. The van der Waals surface area contributed by atoms with Gasteiger partial charge in [0.2, 0.25) is 0 Å². The molecule has 18 heavy (non-hydrogen) atoms. The van der Waals surface area contributed by atoms with Crippen molar-refractivity contribution in [3.63, 3.8) is 0 Å². The van der Waals surface area contributed by atoms with E-state index in [-0.39, 0.29) is 6.10 Å². The van der Waals surface area contributed by atoms with Crippen LogP contribution in [0.3, 0.4) is 0 Å². The van der Waals surface area contributed by atoms with Crippen LogP contribution in [-0.4, -0.2) is 12.4 Å². The number of carbonyl (C=O) groups excluding carboxylic acids is 1. The van der Waals surface area contributed by atoms with Crippen molar-refractivity contribution in [2.45, 2.75) is 58.2 Å². The first-order valence-corrected chi connectivity index (χ1v) is 6.97. The van der Waals surface area contributed by atoms with E-state index in [9.17, 15) is 4.79 Å². The molecule has 1 atom stereocenters. The van der Waals surface area contributed by atoms with Crippen LogP contribution in [0.25, 0.3) is 0 Å². The molecule has 0 spiro atoms. The lowest BCUT2D eigenvalue weighted by Crippen LogP contribution is -2.14. The molecule has 0 aliphatic heterocycles. The van der Waals surface area contributed by atoms with Crippen molar-refractivity contribution < 1.29 is 9.53 Å². The predicted molar refractivity (Wildman–Crippen MR) is 74.5 cm³/mol. The van der Waals surface area contributed by atoms with E-state index >= 15 is 0 Å². The van der Waals surface area contributed by atoms with Gasteiger partial charge in [0.15, 0.2) is 0 Å². The molecule has 100 valence electrons. The average molecular weight is 248 g/mol. The van der Waals surface area contributed by atoms with Gasteiger partial charge >= 0.3 is 0 Å². The Morgan fingerprint density at radius 2 is 1.83 bits per heavy atom. The first kappa shape index (κ1) is 14.9. The summed E-state index contributed by atoms with van der Waals surface area (Å²) in [5.74, 6) is 0. The lowest BCUT2D eigenvalue weighted by molar-refractivity contribution is -0.119. The highest BCUT2D eigenvalue weighted by molar-refractivity contribution is 5.55. The third-order valence-electron chi connectivity index (χ3n) is 3.05. The normalized spacial score (nSPS) is 12.3. The van der Waals surface area contributed by atoms with Crippen LogP contribution in [0.2, 0.25) is 0 Å². The second kappa shape index (κ2) is 9.84. The number of hydrogen-bond donors (Lipinski definition) is 0. The van der Waals surface area contributed by atoms with E-state index < -0.39 is 0 Å². The molecule has 0 radical (unpaired) electrons. The number of ether oxygens (including phenoxy) is 1. The summed E-state index contributed by atoms with van der Waals surface area (Å²) in [5, 5.41) is 0. The third-order valence-corrected chi connectivity index (χ3v) is 3.05. The number of rotatable bonds is 10. The highest BCUT2D eigenvalue weighted by atomic mass is 16.5. The van der Waals surface area contributed by atoms with Gasteiger partial charge in [0.1, 0.15) is 12.4 Å². The molecule has 0 aliphatic rings. The molecule has 2 heteroatoms. The zero-order chi connectivity index (χ0) is 13.1. The Bertz CT molecular complexity index is 308. The standard InChI is InChI=1S/C16H24O2/c1-2-3-4-5-9-12-16(13-17)18-14-15-10-7-6-8-11-15/h6-8,10-11,13,16H,2-5,9,12,14H2,1H3/t16-/m0/s1. The molecule has 0 heterocycles. The van der Waals surface area contributed by atoms with Crippen LogP contribution in [0.4, 0.5) is 0 Å². The monoisotopic (exact) mass is 248 g/mol. The van der Waals surface area contributed by atoms with Gasteiger partial charge in [0.25, 0.3) is 0 Å². The summed E-state index contributed by atoms with van der Waals surface area (Å²) in [5.41, 5.74) is 1.12. The summed E-state index contributed by atoms with van der Waals surface area (Å²) in [6, 6.07) is 9.99. The SMILES string of the molecule is CCCCCCC[C@@H](C=O)OCc1ccccc1. The Balaban J connectivity index is 2.15. The van der Waals surface area contributed by atoms with Crippen molar-refractivity contribution >= 4 is 6.29 Å². The van der Waals surface area contributed by atoms with Crippen LogP contribution in [0, 0.1) is 0 Å². The van der Waals surface area contributed by atoms with Crippen molar-refractivity contribution in [1.29, 1.82) is 0 Å². The molecular formula is C16H24O2. The van der Waals surface area contributed by atoms with E-state index in [2.05, 4.69) is 6.92 Å². The fourth-order valence-electron chi connectivity index (χ4n) is 1.92. The highest BCUT2D eigenvalue weighted by Gasteiger charge is 2.07. The second-order valence-corrected chi connectivity index (χ2v) is 4.67. The minimum absolute atomic E-state index is 0.244. The van der Waals surface area contributed by atoms with Crippen LogP contribution in [0.1, 0.15) is 51.0 Å². The maximum atomic E-state index is 10.9. The van der Waals surface area contributed by atoms with Crippen LogP contribution in [0.15, 0.2) is 30.3 Å². The molecule has 0 saturated carbocycles. The third kappa shape index (κ3) is 6.55. The molecule has 0 saturated heterocycles. The van der Waals surface area contributed by atoms with Gasteiger partial charge in [-0.15, -0.1) is 0 Å². The van der Waals surface area contributed by atoms with E-state index in [0.717, 1.165) is 24.7 Å². The van der Waals surface area contributed by atoms with E-state index in [1.54, 1.807) is 0 Å². The Morgan fingerprint density at radius 3 is 2.50 bits per heavy atom. The van der Waals surface area contributed by atoms with E-state index in [1.165, 1.54) is 25.7 Å². The summed E-state index contributed by atoms with van der Waals surface area (Å²) in [4.78, 5) is 10.9. The largest absolute Gasteiger partial charge is 0.366 e. The van der Waals surface area contributed by atoms with Gasteiger partial charge < -0.3 is 9.53 Å². The van der Waals surface area contributed by atoms with Crippen molar-refractivity contribution in [2.75, 3.05) is 0 Å². The van der Waals surface area contributed by atoms with E-state index in [0.29, 0.717) is 6.61 Å². The minimum Gasteiger partial charge on any atom is -0.366 e. The lowest BCUT2D eigenvalue weighted by atomic mass is 10.1. The number of aldehydes is 1. The van der Waals surface area contributed by atoms with Gasteiger partial charge in [-0.1, -0.05) is 69.4 Å². The average Bonchev–Trinajstić information content (AvgIpc) is 2.43. The molecule has 1 rings (SSSR count). The molecule has 0 amide bonds. The Hall–Kier alpha value is -1.15. The zero-order valence-corrected chi connectivity index (χ0v) is 11.3. The van der Waals surface area contributed by atoms with Crippen LogP contribution >= 0.6 is 0 Å². The first-order chi connectivity index (χ1) is 8.86. The van der Waals surface area contributed by atoms with Gasteiger partial charge in [0.05, 0.1) is 6.61 Å². The molecule has 0 bridgehead atoms. The van der Waals surface area contributed by atoms with Crippen molar-refractivity contribution in [1.82, 2.24) is 0 Å². The van der Waals surface area contributed by atoms with Crippen molar-refractivity contribution in [3.8, 4) is 0 Å². The topological polar surface area (TPSA) is 26.3 Å². The van der Waals surface area contributed by atoms with Gasteiger partial charge in [-0.05, 0) is 12.0 Å². The smallest absolute Gasteiger partial charge is 0.148 e. The Morgan fingerprint density at radius 1 is 1.11 bits per heavy atom. The zero-order valence-electron chi connectivity index (χ0n) is 11.3. The predicted octanol–water partition coefficient (Wildman–Crippen LogP) is 4.13. The van der Waals surface area contributed by atoms with E-state index in [4.69, 9.17) is 4.74 Å². The molecule has 0 unspecified atom stereocenters. The quantitative estimate of drug-likeness (QED) is 0.459. The van der Waals surface area contributed by atoms with Crippen molar-refractivity contribution in [3.05, 3.63) is 35.9 Å². The Kier molecular flexibility index (Phi) is 8.15. The molecule has 0 fully saturated rings. The summed E-state index contributed by atoms with van der Waals surface area (Å²) in [6.07, 6.45) is 7.62. The molecule has 0 aliphatic carbocycles. The maximum absolute atomic E-state index is 10.9. The second-order valence-electron chi connectivity index (χ2n) is 4.67. The fraction of sp³-hybridized carbons (Fsp3) is 0.562. The maximum Gasteiger partial charge on any atom is 0.148 e. The number of hydrogen-bond acceptors (Lipinski definition) is 2. The van der Waals surface area contributed by atoms with Gasteiger partial charge in [0, 0.05) is 0 Å². The van der Waals surface area contributed by atoms with Crippen molar-refractivity contribution in [2.24, 2.45) is 0 Å². The highest BCUT2D eigenvalue weighted by Crippen LogP contribution is 2.10. The van der Waals surface area contributed by atoms with Gasteiger partial charge in [-0.3, -0.25) is 0 Å². The van der Waals surface area contributed by atoms with Gasteiger partial charge in [-0.2, -0.15) is 0 Å².